The zero-order valence-electron chi connectivity index (χ0n) is 10.4. The van der Waals surface area contributed by atoms with E-state index in [1.54, 1.807) is 0 Å². The van der Waals surface area contributed by atoms with Crippen molar-refractivity contribution in [1.29, 1.82) is 0 Å². The summed E-state index contributed by atoms with van der Waals surface area (Å²) in [7, 11) is 1.86. The number of nitrogens with one attached hydrogen (secondary N) is 2. The summed E-state index contributed by atoms with van der Waals surface area (Å²) in [6, 6.07) is 0.542. The van der Waals surface area contributed by atoms with Crippen molar-refractivity contribution in [1.82, 2.24) is 15.5 Å². The lowest BCUT2D eigenvalue weighted by Gasteiger charge is -2.22. The van der Waals surface area contributed by atoms with Gasteiger partial charge in [-0.3, -0.25) is 0 Å². The van der Waals surface area contributed by atoms with E-state index in [2.05, 4.69) is 20.8 Å². The first-order valence-corrected chi connectivity index (χ1v) is 6.15. The van der Waals surface area contributed by atoms with Gasteiger partial charge in [0.2, 0.25) is 5.89 Å². The molecule has 1 aliphatic rings. The third-order valence-corrected chi connectivity index (χ3v) is 3.00. The van der Waals surface area contributed by atoms with Crippen LogP contribution >= 0.6 is 0 Å². The molecule has 0 bridgehead atoms. The molecule has 0 radical (unpaired) electrons. The average molecular weight is 240 g/mol. The molecule has 1 fully saturated rings. The van der Waals surface area contributed by atoms with Crippen LogP contribution in [0.2, 0.25) is 0 Å². The molecule has 6 heteroatoms. The van der Waals surface area contributed by atoms with Gasteiger partial charge >= 0.3 is 6.01 Å². The second-order valence-electron chi connectivity index (χ2n) is 4.33. The number of ether oxygens (including phenoxy) is 1. The van der Waals surface area contributed by atoms with Crippen LogP contribution in [0.15, 0.2) is 4.42 Å². The number of nitrogens with zero attached hydrogens (tertiary/aromatic N) is 2. The van der Waals surface area contributed by atoms with E-state index in [-0.39, 0.29) is 12.1 Å². The monoisotopic (exact) mass is 240 g/mol. The maximum Gasteiger partial charge on any atom is 0.315 e. The van der Waals surface area contributed by atoms with Crippen LogP contribution in [0.5, 0.6) is 0 Å². The largest absolute Gasteiger partial charge is 0.406 e. The van der Waals surface area contributed by atoms with Crippen molar-refractivity contribution in [2.75, 3.05) is 25.5 Å². The Hall–Kier alpha value is -1.14. The van der Waals surface area contributed by atoms with E-state index in [1.807, 2.05) is 14.0 Å². The topological polar surface area (TPSA) is 72.2 Å². The van der Waals surface area contributed by atoms with E-state index in [4.69, 9.17) is 9.15 Å². The summed E-state index contributed by atoms with van der Waals surface area (Å²) in [4.78, 5) is 0. The molecule has 6 nitrogen and oxygen atoms in total. The van der Waals surface area contributed by atoms with Crippen LogP contribution in [0.4, 0.5) is 6.01 Å². The lowest BCUT2D eigenvalue weighted by Crippen LogP contribution is -2.27. The van der Waals surface area contributed by atoms with Gasteiger partial charge in [-0.2, -0.15) is 0 Å². The number of hydrogen-bond acceptors (Lipinski definition) is 6. The molecule has 96 valence electrons. The molecule has 2 unspecified atom stereocenters. The van der Waals surface area contributed by atoms with Crippen molar-refractivity contribution in [2.24, 2.45) is 0 Å². The van der Waals surface area contributed by atoms with Crippen LogP contribution in [0, 0.1) is 0 Å². The van der Waals surface area contributed by atoms with Gasteiger partial charge in [0.1, 0.15) is 0 Å². The van der Waals surface area contributed by atoms with E-state index < -0.39 is 0 Å². The second kappa shape index (κ2) is 5.97. The van der Waals surface area contributed by atoms with Crippen LogP contribution < -0.4 is 10.6 Å². The first-order valence-electron chi connectivity index (χ1n) is 6.15. The van der Waals surface area contributed by atoms with Crippen LogP contribution in [0.25, 0.3) is 0 Å². The maximum absolute atomic E-state index is 5.61. The first kappa shape index (κ1) is 12.3. The summed E-state index contributed by atoms with van der Waals surface area (Å²) in [6.07, 6.45) is 3.76. The van der Waals surface area contributed by atoms with Crippen LogP contribution in [0.1, 0.15) is 38.1 Å². The average Bonchev–Trinajstić information content (AvgIpc) is 2.85. The molecular formula is C11H20N4O2. The van der Waals surface area contributed by atoms with Gasteiger partial charge in [-0.15, -0.1) is 5.10 Å². The van der Waals surface area contributed by atoms with Gasteiger partial charge in [-0.1, -0.05) is 5.10 Å². The summed E-state index contributed by atoms with van der Waals surface area (Å²) in [5.41, 5.74) is 0. The minimum Gasteiger partial charge on any atom is -0.406 e. The number of aromatic nitrogens is 2. The molecule has 0 aromatic carbocycles. The van der Waals surface area contributed by atoms with Crippen LogP contribution in [0.3, 0.4) is 0 Å². The van der Waals surface area contributed by atoms with Crippen molar-refractivity contribution in [3.05, 3.63) is 5.89 Å². The van der Waals surface area contributed by atoms with Gasteiger partial charge in [0.25, 0.3) is 0 Å². The molecule has 0 aliphatic carbocycles. The van der Waals surface area contributed by atoms with Gasteiger partial charge in [0.15, 0.2) is 0 Å². The Morgan fingerprint density at radius 2 is 2.29 bits per heavy atom. The molecule has 1 aromatic rings. The molecule has 17 heavy (non-hydrogen) atoms. The lowest BCUT2D eigenvalue weighted by atomic mass is 10.1. The fraction of sp³-hybridized carbons (Fsp3) is 0.818. The van der Waals surface area contributed by atoms with Gasteiger partial charge < -0.3 is 19.8 Å². The number of anilines is 1. The molecule has 2 rings (SSSR count). The van der Waals surface area contributed by atoms with E-state index in [0.29, 0.717) is 11.9 Å². The van der Waals surface area contributed by atoms with Crippen LogP contribution in [-0.2, 0) is 4.74 Å². The highest BCUT2D eigenvalue weighted by atomic mass is 16.5. The Morgan fingerprint density at radius 3 is 3.00 bits per heavy atom. The molecule has 2 atom stereocenters. The molecule has 1 aromatic heterocycles. The van der Waals surface area contributed by atoms with Gasteiger partial charge in [0, 0.05) is 13.2 Å². The van der Waals surface area contributed by atoms with E-state index in [9.17, 15) is 0 Å². The van der Waals surface area contributed by atoms with E-state index in [0.717, 1.165) is 19.6 Å². The van der Waals surface area contributed by atoms with Gasteiger partial charge in [-0.25, -0.2) is 0 Å². The van der Waals surface area contributed by atoms with E-state index >= 15 is 0 Å². The summed E-state index contributed by atoms with van der Waals surface area (Å²) >= 11 is 0. The SMILES string of the molecule is CNC(C)c1nnc(NCC2CCCCO2)o1. The fourth-order valence-electron chi connectivity index (χ4n) is 1.77. The molecule has 2 heterocycles. The zero-order valence-corrected chi connectivity index (χ0v) is 10.4. The minimum atomic E-state index is 0.0731. The standard InChI is InChI=1S/C11H20N4O2/c1-8(12-2)10-14-15-11(17-10)13-7-9-5-3-4-6-16-9/h8-9,12H,3-7H2,1-2H3,(H,13,15). The highest BCUT2D eigenvalue weighted by Gasteiger charge is 2.16. The molecule has 0 amide bonds. The van der Waals surface area contributed by atoms with Crippen molar-refractivity contribution < 1.29 is 9.15 Å². The third kappa shape index (κ3) is 3.41. The Kier molecular flexibility index (Phi) is 4.33. The highest BCUT2D eigenvalue weighted by molar-refractivity contribution is 5.17. The molecule has 1 aliphatic heterocycles. The Bertz CT molecular complexity index is 336. The van der Waals surface area contributed by atoms with Crippen molar-refractivity contribution in [3.8, 4) is 0 Å². The predicted molar refractivity (Wildman–Crippen MR) is 63.9 cm³/mol. The number of rotatable bonds is 5. The van der Waals surface area contributed by atoms with E-state index in [1.165, 1.54) is 12.8 Å². The highest BCUT2D eigenvalue weighted by Crippen LogP contribution is 2.15. The summed E-state index contributed by atoms with van der Waals surface area (Å²) in [6.45, 7) is 3.56. The van der Waals surface area contributed by atoms with Gasteiger partial charge in [-0.05, 0) is 33.2 Å². The predicted octanol–water partition coefficient (Wildman–Crippen LogP) is 1.33. The second-order valence-corrected chi connectivity index (χ2v) is 4.33. The fourth-order valence-corrected chi connectivity index (χ4v) is 1.77. The molecular weight excluding hydrogens is 220 g/mol. The van der Waals surface area contributed by atoms with Crippen molar-refractivity contribution >= 4 is 6.01 Å². The Balaban J connectivity index is 1.80. The zero-order chi connectivity index (χ0) is 12.1. The summed E-state index contributed by atoms with van der Waals surface area (Å²) in [5, 5.41) is 14.1. The third-order valence-electron chi connectivity index (χ3n) is 3.00. The molecule has 2 N–H and O–H groups in total. The minimum absolute atomic E-state index is 0.0731. The van der Waals surface area contributed by atoms with Crippen LogP contribution in [-0.4, -0.2) is 36.5 Å². The maximum atomic E-state index is 5.61. The molecule has 0 saturated carbocycles. The van der Waals surface area contributed by atoms with Gasteiger partial charge in [0.05, 0.1) is 12.1 Å². The Labute approximate surface area is 101 Å². The normalized spacial score (nSPS) is 22.4. The number of hydrogen-bond donors (Lipinski definition) is 2. The van der Waals surface area contributed by atoms with Crippen molar-refractivity contribution in [2.45, 2.75) is 38.3 Å². The quantitative estimate of drug-likeness (QED) is 0.809. The Morgan fingerprint density at radius 1 is 1.41 bits per heavy atom. The summed E-state index contributed by atoms with van der Waals surface area (Å²) < 4.78 is 11.1. The first-order chi connectivity index (χ1) is 8.29. The summed E-state index contributed by atoms with van der Waals surface area (Å²) in [5.74, 6) is 0.597. The smallest absolute Gasteiger partial charge is 0.315 e. The van der Waals surface area contributed by atoms with Crippen molar-refractivity contribution in [3.63, 3.8) is 0 Å². The lowest BCUT2D eigenvalue weighted by molar-refractivity contribution is 0.0244. The molecule has 0 spiro atoms. The molecule has 1 saturated heterocycles.